The summed E-state index contributed by atoms with van der Waals surface area (Å²) in [5.74, 6) is -2.74. The number of phenols is 2. The van der Waals surface area contributed by atoms with Gasteiger partial charge in [-0.1, -0.05) is 0 Å². The van der Waals surface area contributed by atoms with Gasteiger partial charge in [-0.05, 0) is 0 Å². The number of rotatable bonds is 0. The summed E-state index contributed by atoms with van der Waals surface area (Å²) in [6.45, 7) is 0. The average molecular weight is 193 g/mol. The van der Waals surface area contributed by atoms with Crippen molar-refractivity contribution in [3.63, 3.8) is 0 Å². The van der Waals surface area contributed by atoms with Crippen molar-refractivity contribution in [2.24, 2.45) is 0 Å². The van der Waals surface area contributed by atoms with Crippen LogP contribution >= 0.6 is 0 Å². The molecule has 13 heavy (non-hydrogen) atoms. The zero-order chi connectivity index (χ0) is 9.46. The molecule has 6 nitrogen and oxygen atoms in total. The third-order valence-electron chi connectivity index (χ3n) is 1.27. The molecule has 0 amide bonds. The van der Waals surface area contributed by atoms with Crippen LogP contribution in [0.1, 0.15) is 0 Å². The van der Waals surface area contributed by atoms with E-state index in [-0.39, 0.29) is 29.6 Å². The van der Waals surface area contributed by atoms with Crippen molar-refractivity contribution >= 4 is 29.6 Å². The molecule has 1 radical (unpaired) electrons. The molecule has 0 aromatic heterocycles. The molecule has 0 saturated carbocycles. The monoisotopic (exact) mass is 193 g/mol. The van der Waals surface area contributed by atoms with Crippen molar-refractivity contribution in [2.75, 3.05) is 0 Å². The summed E-state index contributed by atoms with van der Waals surface area (Å²) < 4.78 is 0. The molecule has 63 valence electrons. The SMILES string of the molecule is O=c1c(O)c(O)c(=O)c(=O)c1=O.[Na]. The van der Waals surface area contributed by atoms with E-state index in [0.717, 1.165) is 0 Å². The van der Waals surface area contributed by atoms with Crippen LogP contribution in [0.5, 0.6) is 11.5 Å². The molecular weight excluding hydrogens is 191 g/mol. The predicted octanol–water partition coefficient (Wildman–Crippen LogP) is -2.97. The van der Waals surface area contributed by atoms with Gasteiger partial charge in [-0.2, -0.15) is 0 Å². The van der Waals surface area contributed by atoms with E-state index < -0.39 is 33.2 Å². The third kappa shape index (κ3) is 1.69. The van der Waals surface area contributed by atoms with Crippen molar-refractivity contribution in [3.8, 4) is 11.5 Å². The maximum atomic E-state index is 10.5. The number of phenolic OH excluding ortho intramolecular Hbond substituents is 2. The molecule has 0 aliphatic rings. The Bertz CT molecular complexity index is 475. The Morgan fingerprint density at radius 1 is 0.615 bits per heavy atom. The van der Waals surface area contributed by atoms with Gasteiger partial charge < -0.3 is 10.2 Å². The van der Waals surface area contributed by atoms with Gasteiger partial charge in [-0.25, -0.2) is 0 Å². The largest absolute Gasteiger partial charge is 0.501 e. The van der Waals surface area contributed by atoms with E-state index in [2.05, 4.69) is 0 Å². The first-order valence-corrected chi connectivity index (χ1v) is 2.76. The zero-order valence-electron chi connectivity index (χ0n) is 6.53. The molecule has 0 saturated heterocycles. The minimum atomic E-state index is -1.63. The van der Waals surface area contributed by atoms with E-state index in [1.165, 1.54) is 0 Å². The van der Waals surface area contributed by atoms with Crippen molar-refractivity contribution in [1.82, 2.24) is 0 Å². The summed E-state index contributed by atoms with van der Waals surface area (Å²) in [4.78, 5) is 41.9. The van der Waals surface area contributed by atoms with Crippen molar-refractivity contribution in [3.05, 3.63) is 40.9 Å². The van der Waals surface area contributed by atoms with E-state index in [4.69, 9.17) is 10.2 Å². The van der Waals surface area contributed by atoms with Crippen LogP contribution in [0.3, 0.4) is 0 Å². The number of benzene rings is 1. The first kappa shape index (κ1) is 12.0. The van der Waals surface area contributed by atoms with Crippen LogP contribution < -0.4 is 21.7 Å². The van der Waals surface area contributed by atoms with Crippen LogP contribution in [0.4, 0.5) is 0 Å². The molecule has 0 bridgehead atoms. The second-order valence-corrected chi connectivity index (χ2v) is 2.01. The summed E-state index contributed by atoms with van der Waals surface area (Å²) in [6, 6.07) is 0. The first-order chi connectivity index (χ1) is 5.46. The summed E-state index contributed by atoms with van der Waals surface area (Å²) in [6.07, 6.45) is 0. The van der Waals surface area contributed by atoms with Crippen LogP contribution in [0, 0.1) is 0 Å². The fourth-order valence-electron chi connectivity index (χ4n) is 0.636. The molecule has 1 aromatic rings. The molecule has 1 aromatic carbocycles. The van der Waals surface area contributed by atoms with Gasteiger partial charge >= 0.3 is 0 Å². The molecule has 0 spiro atoms. The molecule has 0 atom stereocenters. The minimum Gasteiger partial charge on any atom is -0.501 e. The van der Waals surface area contributed by atoms with Gasteiger partial charge in [0, 0.05) is 29.6 Å². The Hall–Kier alpha value is -0.980. The van der Waals surface area contributed by atoms with Gasteiger partial charge in [0.2, 0.25) is 11.5 Å². The summed E-state index contributed by atoms with van der Waals surface area (Å²) in [5.41, 5.74) is -6.38. The van der Waals surface area contributed by atoms with E-state index in [9.17, 15) is 19.2 Å². The first-order valence-electron chi connectivity index (χ1n) is 2.76. The molecule has 0 heterocycles. The van der Waals surface area contributed by atoms with Gasteiger partial charge in [0.05, 0.1) is 0 Å². The number of aromatic hydroxyl groups is 2. The normalized spacial score (nSPS) is 9.23. The molecule has 0 aliphatic heterocycles. The predicted molar refractivity (Wildman–Crippen MR) is 43.0 cm³/mol. The Morgan fingerprint density at radius 2 is 0.846 bits per heavy atom. The molecule has 0 aliphatic carbocycles. The number of hydrogen-bond donors (Lipinski definition) is 2. The topological polar surface area (TPSA) is 109 Å². The molecular formula is C6H2NaO6. The standard InChI is InChI=1S/C6H2O6.Na/c7-1-2(8)4(10)6(12)5(11)3(1)9;/h7-8H;. The van der Waals surface area contributed by atoms with Crippen molar-refractivity contribution < 1.29 is 10.2 Å². The van der Waals surface area contributed by atoms with Gasteiger partial charge in [-0.3, -0.25) is 19.2 Å². The smallest absolute Gasteiger partial charge is 0.281 e. The Labute approximate surface area is 92.1 Å². The van der Waals surface area contributed by atoms with Crippen LogP contribution in [0.2, 0.25) is 0 Å². The van der Waals surface area contributed by atoms with Gasteiger partial charge in [-0.15, -0.1) is 0 Å². The summed E-state index contributed by atoms with van der Waals surface area (Å²) >= 11 is 0. The average Bonchev–Trinajstić information content (AvgIpc) is 2.08. The Morgan fingerprint density at radius 3 is 1.08 bits per heavy atom. The fraction of sp³-hybridized carbons (Fsp3) is 0. The van der Waals surface area contributed by atoms with Crippen molar-refractivity contribution in [2.45, 2.75) is 0 Å². The summed E-state index contributed by atoms with van der Waals surface area (Å²) in [7, 11) is 0. The third-order valence-corrected chi connectivity index (χ3v) is 1.27. The second-order valence-electron chi connectivity index (χ2n) is 2.01. The maximum absolute atomic E-state index is 10.5. The van der Waals surface area contributed by atoms with E-state index >= 15 is 0 Å². The van der Waals surface area contributed by atoms with Gasteiger partial charge in [0.25, 0.3) is 21.7 Å². The van der Waals surface area contributed by atoms with E-state index in [1.807, 2.05) is 0 Å². The zero-order valence-corrected chi connectivity index (χ0v) is 8.53. The Kier molecular flexibility index (Phi) is 3.53. The van der Waals surface area contributed by atoms with Crippen LogP contribution in [-0.2, 0) is 0 Å². The van der Waals surface area contributed by atoms with E-state index in [0.29, 0.717) is 0 Å². The minimum absolute atomic E-state index is 0. The second kappa shape index (κ2) is 3.82. The van der Waals surface area contributed by atoms with Gasteiger partial charge in [0.1, 0.15) is 0 Å². The molecule has 2 N–H and O–H groups in total. The number of hydrogen-bond acceptors (Lipinski definition) is 6. The molecule has 0 unspecified atom stereocenters. The molecule has 0 fully saturated rings. The molecule has 1 rings (SSSR count). The van der Waals surface area contributed by atoms with Crippen molar-refractivity contribution in [1.29, 1.82) is 0 Å². The maximum Gasteiger partial charge on any atom is 0.281 e. The van der Waals surface area contributed by atoms with Crippen LogP contribution in [0.25, 0.3) is 0 Å². The van der Waals surface area contributed by atoms with Crippen LogP contribution in [0.15, 0.2) is 19.2 Å². The van der Waals surface area contributed by atoms with E-state index in [1.54, 1.807) is 0 Å². The van der Waals surface area contributed by atoms with Gasteiger partial charge in [0.15, 0.2) is 0 Å². The van der Waals surface area contributed by atoms with Crippen LogP contribution in [-0.4, -0.2) is 39.8 Å². The fourth-order valence-corrected chi connectivity index (χ4v) is 0.636. The summed E-state index contributed by atoms with van der Waals surface area (Å²) in [5, 5.41) is 17.2. The molecule has 7 heteroatoms. The quantitative estimate of drug-likeness (QED) is 0.259. The Balaban J connectivity index is 0.00000144.